The van der Waals surface area contributed by atoms with E-state index in [4.69, 9.17) is 9.47 Å². The Kier molecular flexibility index (Phi) is 5.34. The summed E-state index contributed by atoms with van der Waals surface area (Å²) in [5.41, 5.74) is 3.78. The van der Waals surface area contributed by atoms with Crippen molar-refractivity contribution in [3.63, 3.8) is 0 Å². The van der Waals surface area contributed by atoms with E-state index in [-0.39, 0.29) is 0 Å². The van der Waals surface area contributed by atoms with Crippen LogP contribution in [0.5, 0.6) is 11.5 Å². The number of nitrogens with zero attached hydrogens (tertiary/aromatic N) is 1. The molecule has 1 fully saturated rings. The van der Waals surface area contributed by atoms with Gasteiger partial charge >= 0.3 is 0 Å². The highest BCUT2D eigenvalue weighted by Gasteiger charge is 2.38. The molecular formula is C30H26BrNO2. The highest BCUT2D eigenvalue weighted by atomic mass is 79.9. The maximum Gasteiger partial charge on any atom is 0.178 e. The first-order valence-corrected chi connectivity index (χ1v) is 12.6. The second kappa shape index (κ2) is 8.52. The fourth-order valence-electron chi connectivity index (χ4n) is 5.21. The van der Waals surface area contributed by atoms with Gasteiger partial charge in [-0.3, -0.25) is 0 Å². The molecule has 2 heterocycles. The fraction of sp³-hybridized carbons (Fsp3) is 0.200. The summed E-state index contributed by atoms with van der Waals surface area (Å²) in [5.74, 6) is 1.74. The van der Waals surface area contributed by atoms with Crippen LogP contribution in [0.15, 0.2) is 89.4 Å². The van der Waals surface area contributed by atoms with Gasteiger partial charge in [0.15, 0.2) is 5.60 Å². The van der Waals surface area contributed by atoms with Crippen molar-refractivity contribution >= 4 is 38.5 Å². The molecule has 3 nitrogen and oxygen atoms in total. The highest BCUT2D eigenvalue weighted by molar-refractivity contribution is 9.10. The highest BCUT2D eigenvalue weighted by Crippen LogP contribution is 2.47. The third kappa shape index (κ3) is 3.48. The van der Waals surface area contributed by atoms with Crippen molar-refractivity contribution in [1.29, 1.82) is 0 Å². The number of hydrogen-bond donors (Lipinski definition) is 0. The summed E-state index contributed by atoms with van der Waals surface area (Å²) in [4.78, 5) is 2.46. The van der Waals surface area contributed by atoms with Gasteiger partial charge in [0.05, 0.1) is 7.11 Å². The molecule has 0 bridgehead atoms. The van der Waals surface area contributed by atoms with Crippen molar-refractivity contribution in [3.05, 3.63) is 106 Å². The van der Waals surface area contributed by atoms with Gasteiger partial charge in [-0.15, -0.1) is 0 Å². The number of hydrogen-bond acceptors (Lipinski definition) is 3. The molecule has 0 radical (unpaired) electrons. The number of methoxy groups -OCH3 is 1. The Labute approximate surface area is 208 Å². The molecule has 0 saturated carbocycles. The maximum atomic E-state index is 7.04. The average Bonchev–Trinajstić information content (AvgIpc) is 3.44. The fourth-order valence-corrected chi connectivity index (χ4v) is 5.48. The first kappa shape index (κ1) is 21.3. The second-order valence-electron chi connectivity index (χ2n) is 8.96. The number of fused-ring (bicyclic) bond motifs is 3. The Hall–Kier alpha value is -3.24. The number of benzene rings is 4. The summed E-state index contributed by atoms with van der Waals surface area (Å²) in [6.07, 6.45) is 6.88. The van der Waals surface area contributed by atoms with Crippen molar-refractivity contribution in [1.82, 2.24) is 0 Å². The lowest BCUT2D eigenvalue weighted by atomic mass is 9.83. The molecule has 1 atom stereocenters. The third-order valence-electron chi connectivity index (χ3n) is 7.01. The van der Waals surface area contributed by atoms with Gasteiger partial charge in [-0.1, -0.05) is 70.5 Å². The van der Waals surface area contributed by atoms with Crippen molar-refractivity contribution < 1.29 is 9.47 Å². The van der Waals surface area contributed by atoms with Crippen LogP contribution in [0.2, 0.25) is 0 Å². The first-order chi connectivity index (χ1) is 16.7. The third-order valence-corrected chi connectivity index (χ3v) is 7.54. The zero-order chi connectivity index (χ0) is 23.1. The van der Waals surface area contributed by atoms with E-state index in [2.05, 4.69) is 106 Å². The maximum absolute atomic E-state index is 7.04. The van der Waals surface area contributed by atoms with Gasteiger partial charge in [-0.05, 0) is 49.2 Å². The first-order valence-electron chi connectivity index (χ1n) is 11.8. The quantitative estimate of drug-likeness (QED) is 0.282. The molecule has 170 valence electrons. The minimum absolute atomic E-state index is 0.728. The van der Waals surface area contributed by atoms with Crippen molar-refractivity contribution in [2.24, 2.45) is 0 Å². The lowest BCUT2D eigenvalue weighted by molar-refractivity contribution is 0.163. The SMILES string of the molecule is COc1cc2c(c3ccccc13)OC(c1ccc(Br)cc1)(c1ccc(N3CCCC3)cc1)C=C2. The van der Waals surface area contributed by atoms with Crippen LogP contribution >= 0.6 is 15.9 Å². The second-order valence-corrected chi connectivity index (χ2v) is 9.88. The predicted octanol–water partition coefficient (Wildman–Crippen LogP) is 7.56. The molecule has 0 aliphatic carbocycles. The zero-order valence-corrected chi connectivity index (χ0v) is 20.7. The van der Waals surface area contributed by atoms with Crippen LogP contribution in [0.25, 0.3) is 16.8 Å². The number of halogens is 1. The molecule has 34 heavy (non-hydrogen) atoms. The molecule has 2 aliphatic heterocycles. The number of anilines is 1. The van der Waals surface area contributed by atoms with Crippen molar-refractivity contribution in [2.45, 2.75) is 18.4 Å². The summed E-state index contributed by atoms with van der Waals surface area (Å²) in [6.45, 7) is 2.27. The molecule has 0 spiro atoms. The summed E-state index contributed by atoms with van der Waals surface area (Å²) in [5, 5.41) is 2.10. The normalized spacial score (nSPS) is 19.2. The van der Waals surface area contributed by atoms with Crippen molar-refractivity contribution in [3.8, 4) is 11.5 Å². The largest absolute Gasteiger partial charge is 0.496 e. The Bertz CT molecular complexity index is 1370. The lowest BCUT2D eigenvalue weighted by Crippen LogP contribution is -2.34. The van der Waals surface area contributed by atoms with E-state index in [9.17, 15) is 0 Å². The molecule has 0 N–H and O–H groups in total. The Balaban J connectivity index is 1.52. The summed E-state index contributed by atoms with van der Waals surface area (Å²) in [6, 6.07) is 27.7. The Morgan fingerprint density at radius 1 is 0.853 bits per heavy atom. The van der Waals surface area contributed by atoms with E-state index >= 15 is 0 Å². The Morgan fingerprint density at radius 3 is 2.18 bits per heavy atom. The van der Waals surface area contributed by atoms with E-state index in [0.29, 0.717) is 0 Å². The van der Waals surface area contributed by atoms with E-state index in [0.717, 1.165) is 56.5 Å². The monoisotopic (exact) mass is 511 g/mol. The van der Waals surface area contributed by atoms with Crippen molar-refractivity contribution in [2.75, 3.05) is 25.1 Å². The van der Waals surface area contributed by atoms with Crippen LogP contribution < -0.4 is 14.4 Å². The van der Waals surface area contributed by atoms with Crippen LogP contribution in [0, 0.1) is 0 Å². The van der Waals surface area contributed by atoms with Gasteiger partial charge in [-0.25, -0.2) is 0 Å². The lowest BCUT2D eigenvalue weighted by Gasteiger charge is -2.37. The van der Waals surface area contributed by atoms with Gasteiger partial charge in [0.2, 0.25) is 0 Å². The van der Waals surface area contributed by atoms with E-state index in [1.807, 2.05) is 6.07 Å². The van der Waals surface area contributed by atoms with Gasteiger partial charge in [0, 0.05) is 50.7 Å². The minimum Gasteiger partial charge on any atom is -0.496 e. The molecule has 1 saturated heterocycles. The summed E-state index contributed by atoms with van der Waals surface area (Å²) in [7, 11) is 1.72. The average molecular weight is 512 g/mol. The van der Waals surface area contributed by atoms with Crippen LogP contribution in [-0.4, -0.2) is 20.2 Å². The molecular weight excluding hydrogens is 486 g/mol. The number of ether oxygens (including phenoxy) is 2. The van der Waals surface area contributed by atoms with Crippen LogP contribution in [0.1, 0.15) is 29.5 Å². The predicted molar refractivity (Wildman–Crippen MR) is 143 cm³/mol. The van der Waals surface area contributed by atoms with Crippen LogP contribution in [0.4, 0.5) is 5.69 Å². The summed E-state index contributed by atoms with van der Waals surface area (Å²) >= 11 is 3.59. The molecule has 2 aliphatic rings. The van der Waals surface area contributed by atoms with Crippen LogP contribution in [-0.2, 0) is 5.60 Å². The molecule has 4 heteroatoms. The molecule has 0 aromatic heterocycles. The standard InChI is InChI=1S/C30H26BrNO2/c1-33-28-20-21-16-17-30(22-8-12-24(31)13-9-22,34-29(21)27-7-3-2-6-26(27)28)23-10-14-25(15-11-23)32-18-4-5-19-32/h2-3,6-17,20H,4-5,18-19H2,1H3. The van der Waals surface area contributed by atoms with Crippen LogP contribution in [0.3, 0.4) is 0 Å². The molecule has 0 amide bonds. The Morgan fingerprint density at radius 2 is 1.50 bits per heavy atom. The van der Waals surface area contributed by atoms with Gasteiger partial charge in [0.1, 0.15) is 11.5 Å². The topological polar surface area (TPSA) is 21.7 Å². The minimum atomic E-state index is -0.728. The zero-order valence-electron chi connectivity index (χ0n) is 19.1. The van der Waals surface area contributed by atoms with Gasteiger partial charge in [-0.2, -0.15) is 0 Å². The van der Waals surface area contributed by atoms with E-state index in [1.54, 1.807) is 7.11 Å². The van der Waals surface area contributed by atoms with E-state index in [1.165, 1.54) is 18.5 Å². The molecule has 6 rings (SSSR count). The molecule has 4 aromatic carbocycles. The summed E-state index contributed by atoms with van der Waals surface area (Å²) < 4.78 is 13.8. The smallest absolute Gasteiger partial charge is 0.178 e. The molecule has 4 aromatic rings. The van der Waals surface area contributed by atoms with Gasteiger partial charge in [0.25, 0.3) is 0 Å². The number of rotatable bonds is 4. The van der Waals surface area contributed by atoms with Gasteiger partial charge < -0.3 is 14.4 Å². The van der Waals surface area contributed by atoms with E-state index < -0.39 is 5.60 Å². The molecule has 1 unspecified atom stereocenters.